The van der Waals surface area contributed by atoms with E-state index in [2.05, 4.69) is 34.9 Å². The predicted octanol–water partition coefficient (Wildman–Crippen LogP) is 2.52. The van der Waals surface area contributed by atoms with Gasteiger partial charge in [-0.3, -0.25) is 9.97 Å². The highest BCUT2D eigenvalue weighted by atomic mass is 15.1. The molecule has 2 heterocycles. The lowest BCUT2D eigenvalue weighted by molar-refractivity contribution is 0.675. The Labute approximate surface area is 114 Å². The molecule has 0 saturated heterocycles. The van der Waals surface area contributed by atoms with Crippen LogP contribution >= 0.6 is 0 Å². The summed E-state index contributed by atoms with van der Waals surface area (Å²) in [6, 6.07) is 8.14. The third-order valence-corrected chi connectivity index (χ3v) is 3.20. The summed E-state index contributed by atoms with van der Waals surface area (Å²) in [5, 5.41) is 0. The van der Waals surface area contributed by atoms with Crippen LogP contribution in [0.1, 0.15) is 30.6 Å². The standard InChI is InChI=1S/C15H20N4/c1-3-14(16)15-5-4-13(10-18-15)19(2)11-12-6-8-17-9-7-12/h4-10,14H,3,11,16H2,1-2H3/t14-/m1/s1. The minimum absolute atomic E-state index is 0.0274. The molecule has 0 radical (unpaired) electrons. The van der Waals surface area contributed by atoms with Crippen LogP contribution in [0.5, 0.6) is 0 Å². The summed E-state index contributed by atoms with van der Waals surface area (Å²) in [7, 11) is 2.05. The van der Waals surface area contributed by atoms with Gasteiger partial charge in [0.05, 0.1) is 17.6 Å². The van der Waals surface area contributed by atoms with Crippen molar-refractivity contribution in [3.63, 3.8) is 0 Å². The monoisotopic (exact) mass is 256 g/mol. The molecule has 0 fully saturated rings. The van der Waals surface area contributed by atoms with Crippen molar-refractivity contribution in [1.82, 2.24) is 9.97 Å². The van der Waals surface area contributed by atoms with Crippen LogP contribution in [0.2, 0.25) is 0 Å². The lowest BCUT2D eigenvalue weighted by atomic mass is 10.1. The number of hydrogen-bond acceptors (Lipinski definition) is 4. The summed E-state index contributed by atoms with van der Waals surface area (Å²) in [5.74, 6) is 0. The summed E-state index contributed by atoms with van der Waals surface area (Å²) in [6.45, 7) is 2.90. The smallest absolute Gasteiger partial charge is 0.0572 e. The minimum atomic E-state index is 0.0274. The Morgan fingerprint density at radius 1 is 1.21 bits per heavy atom. The molecule has 2 N–H and O–H groups in total. The molecule has 2 aromatic heterocycles. The molecule has 0 aliphatic carbocycles. The molecule has 4 nitrogen and oxygen atoms in total. The van der Waals surface area contributed by atoms with E-state index < -0.39 is 0 Å². The lowest BCUT2D eigenvalue weighted by Gasteiger charge is -2.19. The molecule has 4 heteroatoms. The molecule has 0 unspecified atom stereocenters. The van der Waals surface area contributed by atoms with Crippen LogP contribution in [0.3, 0.4) is 0 Å². The van der Waals surface area contributed by atoms with Crippen LogP contribution in [0.4, 0.5) is 5.69 Å². The van der Waals surface area contributed by atoms with Gasteiger partial charge in [0, 0.05) is 32.0 Å². The number of aromatic nitrogens is 2. The summed E-state index contributed by atoms with van der Waals surface area (Å²) >= 11 is 0. The van der Waals surface area contributed by atoms with E-state index in [9.17, 15) is 0 Å². The Bertz CT molecular complexity index is 495. The van der Waals surface area contributed by atoms with Crippen LogP contribution in [-0.4, -0.2) is 17.0 Å². The minimum Gasteiger partial charge on any atom is -0.369 e. The zero-order valence-electron chi connectivity index (χ0n) is 11.5. The van der Waals surface area contributed by atoms with Gasteiger partial charge >= 0.3 is 0 Å². The van der Waals surface area contributed by atoms with Crippen molar-refractivity contribution in [2.45, 2.75) is 25.9 Å². The summed E-state index contributed by atoms with van der Waals surface area (Å²) in [4.78, 5) is 10.6. The number of nitrogens with zero attached hydrogens (tertiary/aromatic N) is 3. The quantitative estimate of drug-likeness (QED) is 0.893. The van der Waals surface area contributed by atoms with E-state index >= 15 is 0 Å². The Kier molecular flexibility index (Phi) is 4.47. The SMILES string of the molecule is CC[C@@H](N)c1ccc(N(C)Cc2ccncc2)cn1. The Hall–Kier alpha value is -1.94. The van der Waals surface area contributed by atoms with Crippen LogP contribution in [0.15, 0.2) is 42.9 Å². The molecule has 100 valence electrons. The van der Waals surface area contributed by atoms with Crippen LogP contribution in [-0.2, 0) is 6.54 Å². The summed E-state index contributed by atoms with van der Waals surface area (Å²) in [5.41, 5.74) is 9.22. The molecule has 0 amide bonds. The molecule has 19 heavy (non-hydrogen) atoms. The first kappa shape index (κ1) is 13.5. The van der Waals surface area contributed by atoms with Gasteiger partial charge in [0.1, 0.15) is 0 Å². The second kappa shape index (κ2) is 6.29. The first-order valence-electron chi connectivity index (χ1n) is 6.52. The molecule has 0 bridgehead atoms. The Balaban J connectivity index is 2.05. The third kappa shape index (κ3) is 3.51. The van der Waals surface area contributed by atoms with E-state index in [1.54, 1.807) is 0 Å². The van der Waals surface area contributed by atoms with E-state index in [0.717, 1.165) is 24.3 Å². The maximum absolute atomic E-state index is 5.96. The highest BCUT2D eigenvalue weighted by Crippen LogP contribution is 2.17. The fraction of sp³-hybridized carbons (Fsp3) is 0.333. The highest BCUT2D eigenvalue weighted by Gasteiger charge is 2.06. The van der Waals surface area contributed by atoms with E-state index in [0.29, 0.717) is 0 Å². The van der Waals surface area contributed by atoms with Gasteiger partial charge in [0.15, 0.2) is 0 Å². The largest absolute Gasteiger partial charge is 0.369 e. The molecule has 0 spiro atoms. The zero-order valence-corrected chi connectivity index (χ0v) is 11.5. The van der Waals surface area contributed by atoms with Crippen LogP contribution in [0, 0.1) is 0 Å². The van der Waals surface area contributed by atoms with E-state index in [4.69, 9.17) is 5.73 Å². The first-order valence-corrected chi connectivity index (χ1v) is 6.52. The molecular weight excluding hydrogens is 236 g/mol. The fourth-order valence-electron chi connectivity index (χ4n) is 1.91. The number of anilines is 1. The van der Waals surface area contributed by atoms with Crippen LogP contribution in [0.25, 0.3) is 0 Å². The lowest BCUT2D eigenvalue weighted by Crippen LogP contribution is -2.17. The van der Waals surface area contributed by atoms with Crippen molar-refractivity contribution < 1.29 is 0 Å². The maximum atomic E-state index is 5.96. The van der Waals surface area contributed by atoms with Crippen molar-refractivity contribution in [2.24, 2.45) is 5.73 Å². The van der Waals surface area contributed by atoms with Crippen LogP contribution < -0.4 is 10.6 Å². The number of rotatable bonds is 5. The highest BCUT2D eigenvalue weighted by molar-refractivity contribution is 5.44. The van der Waals surface area contributed by atoms with Gasteiger partial charge in [0.2, 0.25) is 0 Å². The maximum Gasteiger partial charge on any atom is 0.0572 e. The molecular formula is C15H20N4. The summed E-state index contributed by atoms with van der Waals surface area (Å²) < 4.78 is 0. The Morgan fingerprint density at radius 3 is 2.53 bits per heavy atom. The molecule has 2 aromatic rings. The van der Waals surface area contributed by atoms with E-state index in [-0.39, 0.29) is 6.04 Å². The van der Waals surface area contributed by atoms with E-state index in [1.807, 2.05) is 36.8 Å². The van der Waals surface area contributed by atoms with Gasteiger partial charge in [0.25, 0.3) is 0 Å². The predicted molar refractivity (Wildman–Crippen MR) is 77.8 cm³/mol. The molecule has 0 saturated carbocycles. The van der Waals surface area contributed by atoms with Crippen molar-refractivity contribution >= 4 is 5.69 Å². The van der Waals surface area contributed by atoms with Gasteiger partial charge in [-0.1, -0.05) is 6.92 Å². The van der Waals surface area contributed by atoms with Gasteiger partial charge in [-0.15, -0.1) is 0 Å². The number of pyridine rings is 2. The first-order chi connectivity index (χ1) is 9.20. The summed E-state index contributed by atoms with van der Waals surface area (Å²) in [6.07, 6.45) is 6.40. The van der Waals surface area contributed by atoms with Gasteiger partial charge in [-0.2, -0.15) is 0 Å². The zero-order chi connectivity index (χ0) is 13.7. The van der Waals surface area contributed by atoms with Crippen molar-refractivity contribution in [2.75, 3.05) is 11.9 Å². The number of nitrogens with two attached hydrogens (primary N) is 1. The second-order valence-corrected chi connectivity index (χ2v) is 4.67. The molecule has 1 atom stereocenters. The Morgan fingerprint density at radius 2 is 1.95 bits per heavy atom. The second-order valence-electron chi connectivity index (χ2n) is 4.67. The topological polar surface area (TPSA) is 55.0 Å². The molecule has 0 aliphatic rings. The average Bonchev–Trinajstić information content (AvgIpc) is 2.47. The van der Waals surface area contributed by atoms with Crippen molar-refractivity contribution in [3.8, 4) is 0 Å². The van der Waals surface area contributed by atoms with Crippen molar-refractivity contribution in [3.05, 3.63) is 54.1 Å². The third-order valence-electron chi connectivity index (χ3n) is 3.20. The van der Waals surface area contributed by atoms with E-state index in [1.165, 1.54) is 5.56 Å². The van der Waals surface area contributed by atoms with Gasteiger partial charge in [-0.05, 0) is 36.2 Å². The average molecular weight is 256 g/mol. The normalized spacial score (nSPS) is 12.2. The molecule has 2 rings (SSSR count). The molecule has 0 aromatic carbocycles. The fourth-order valence-corrected chi connectivity index (χ4v) is 1.91. The van der Waals surface area contributed by atoms with Crippen molar-refractivity contribution in [1.29, 1.82) is 0 Å². The van der Waals surface area contributed by atoms with Gasteiger partial charge in [-0.25, -0.2) is 0 Å². The number of hydrogen-bond donors (Lipinski definition) is 1. The molecule has 0 aliphatic heterocycles. The van der Waals surface area contributed by atoms with Gasteiger partial charge < -0.3 is 10.6 Å².